The number of aromatic amines is 1. The van der Waals surface area contributed by atoms with E-state index in [1.165, 1.54) is 0 Å². The highest BCUT2D eigenvalue weighted by atomic mass is 32.1. The van der Waals surface area contributed by atoms with Gasteiger partial charge in [-0.3, -0.25) is 14.7 Å². The lowest BCUT2D eigenvalue weighted by Gasteiger charge is -2.05. The van der Waals surface area contributed by atoms with Crippen LogP contribution in [0.15, 0.2) is 6.20 Å². The Hall–Kier alpha value is -1.96. The lowest BCUT2D eigenvalue weighted by Crippen LogP contribution is -2.43. The number of hydrogen-bond acceptors (Lipinski definition) is 4. The van der Waals surface area contributed by atoms with Crippen molar-refractivity contribution in [2.45, 2.75) is 19.8 Å². The molecule has 19 heavy (non-hydrogen) atoms. The van der Waals surface area contributed by atoms with E-state index in [1.54, 1.807) is 6.20 Å². The summed E-state index contributed by atoms with van der Waals surface area (Å²) < 4.78 is 0. The first-order valence-corrected chi connectivity index (χ1v) is 6.24. The van der Waals surface area contributed by atoms with Gasteiger partial charge in [-0.25, -0.2) is 0 Å². The van der Waals surface area contributed by atoms with Gasteiger partial charge in [0.05, 0.1) is 17.7 Å². The summed E-state index contributed by atoms with van der Waals surface area (Å²) in [5.41, 5.74) is 7.33. The number of aryl methyl sites for hydroxylation is 2. The molecule has 0 radical (unpaired) electrons. The third-order valence-corrected chi connectivity index (χ3v) is 2.62. The predicted molar refractivity (Wildman–Crippen MR) is 74.5 cm³/mol. The van der Waals surface area contributed by atoms with E-state index in [-0.39, 0.29) is 11.5 Å². The van der Waals surface area contributed by atoms with E-state index >= 15 is 0 Å². The molecule has 0 bridgehead atoms. The van der Waals surface area contributed by atoms with Crippen molar-refractivity contribution in [1.29, 1.82) is 0 Å². The Balaban J connectivity index is 2.18. The standard InChI is InChI=1S/C11H17N5O2S/c1-7-8(5-15-16-7)3-2-4-13-10(17)11(18)14-6-9(12)19/h5H,2-4,6H2,1H3,(H2,12,19)(H,13,17)(H,14,18)(H,15,16). The van der Waals surface area contributed by atoms with Crippen molar-refractivity contribution < 1.29 is 9.59 Å². The van der Waals surface area contributed by atoms with Crippen molar-refractivity contribution in [1.82, 2.24) is 20.8 Å². The number of aromatic nitrogens is 2. The minimum absolute atomic E-state index is 0.0236. The molecule has 0 saturated carbocycles. The molecule has 8 heteroatoms. The number of nitrogens with two attached hydrogens (primary N) is 1. The fraction of sp³-hybridized carbons (Fsp3) is 0.455. The fourth-order valence-corrected chi connectivity index (χ4v) is 1.51. The molecule has 0 aliphatic rings. The van der Waals surface area contributed by atoms with Crippen LogP contribution >= 0.6 is 12.2 Å². The van der Waals surface area contributed by atoms with E-state index in [2.05, 4.69) is 33.0 Å². The molecule has 0 unspecified atom stereocenters. The van der Waals surface area contributed by atoms with Crippen molar-refractivity contribution >= 4 is 29.0 Å². The smallest absolute Gasteiger partial charge is 0.309 e. The molecule has 1 aromatic rings. The van der Waals surface area contributed by atoms with Gasteiger partial charge < -0.3 is 16.4 Å². The Morgan fingerprint density at radius 2 is 2.11 bits per heavy atom. The molecule has 1 aromatic heterocycles. The summed E-state index contributed by atoms with van der Waals surface area (Å²) in [4.78, 5) is 22.8. The molecule has 5 N–H and O–H groups in total. The number of carbonyl (C=O) groups excluding carboxylic acids is 2. The normalized spacial score (nSPS) is 9.95. The van der Waals surface area contributed by atoms with Gasteiger partial charge in [0, 0.05) is 12.2 Å². The minimum Gasteiger partial charge on any atom is -0.392 e. The maximum Gasteiger partial charge on any atom is 0.309 e. The number of H-pyrrole nitrogens is 1. The number of rotatable bonds is 6. The lowest BCUT2D eigenvalue weighted by atomic mass is 10.1. The van der Waals surface area contributed by atoms with Crippen molar-refractivity contribution in [3.05, 3.63) is 17.5 Å². The molecule has 0 saturated heterocycles. The largest absolute Gasteiger partial charge is 0.392 e. The Labute approximate surface area is 116 Å². The first-order chi connectivity index (χ1) is 9.00. The van der Waals surface area contributed by atoms with Crippen LogP contribution in [0.4, 0.5) is 0 Å². The number of amides is 2. The molecule has 0 fully saturated rings. The van der Waals surface area contributed by atoms with Crippen molar-refractivity contribution in [3.8, 4) is 0 Å². The summed E-state index contributed by atoms with van der Waals surface area (Å²) in [6.45, 7) is 2.38. The zero-order valence-electron chi connectivity index (χ0n) is 10.7. The second-order valence-electron chi connectivity index (χ2n) is 4.03. The zero-order valence-corrected chi connectivity index (χ0v) is 11.5. The van der Waals surface area contributed by atoms with Gasteiger partial charge in [0.25, 0.3) is 0 Å². The molecule has 0 aliphatic heterocycles. The van der Waals surface area contributed by atoms with Crippen LogP contribution in [-0.2, 0) is 16.0 Å². The summed E-state index contributed by atoms with van der Waals surface area (Å²) >= 11 is 4.59. The van der Waals surface area contributed by atoms with Crippen LogP contribution < -0.4 is 16.4 Å². The van der Waals surface area contributed by atoms with Crippen LogP contribution in [0.2, 0.25) is 0 Å². The first-order valence-electron chi connectivity index (χ1n) is 5.84. The molecule has 2 amide bonds. The summed E-state index contributed by atoms with van der Waals surface area (Å²) in [7, 11) is 0. The average Bonchev–Trinajstić information content (AvgIpc) is 2.77. The Morgan fingerprint density at radius 3 is 2.68 bits per heavy atom. The molecule has 0 atom stereocenters. The maximum absolute atomic E-state index is 11.4. The molecule has 1 rings (SSSR count). The van der Waals surface area contributed by atoms with Gasteiger partial charge >= 0.3 is 11.8 Å². The second-order valence-corrected chi connectivity index (χ2v) is 4.55. The molecule has 0 spiro atoms. The van der Waals surface area contributed by atoms with Crippen molar-refractivity contribution in [2.24, 2.45) is 5.73 Å². The van der Waals surface area contributed by atoms with Crippen LogP contribution in [0.3, 0.4) is 0 Å². The summed E-state index contributed by atoms with van der Waals surface area (Å²) in [5, 5.41) is 11.6. The second kappa shape index (κ2) is 7.47. The Morgan fingerprint density at radius 1 is 1.42 bits per heavy atom. The van der Waals surface area contributed by atoms with Crippen LogP contribution in [0.5, 0.6) is 0 Å². The quantitative estimate of drug-likeness (QED) is 0.309. The van der Waals surface area contributed by atoms with Gasteiger partial charge in [-0.1, -0.05) is 12.2 Å². The number of thiocarbonyl (C=S) groups is 1. The first kappa shape index (κ1) is 15.1. The molecule has 104 valence electrons. The summed E-state index contributed by atoms with van der Waals surface area (Å²) in [6, 6.07) is 0. The molecule has 1 heterocycles. The lowest BCUT2D eigenvalue weighted by molar-refractivity contribution is -0.139. The van der Waals surface area contributed by atoms with Crippen molar-refractivity contribution in [3.63, 3.8) is 0 Å². The van der Waals surface area contributed by atoms with Gasteiger partial charge in [-0.15, -0.1) is 0 Å². The van der Waals surface area contributed by atoms with E-state index in [0.29, 0.717) is 6.54 Å². The monoisotopic (exact) mass is 283 g/mol. The third-order valence-electron chi connectivity index (χ3n) is 2.47. The summed E-state index contributed by atoms with van der Waals surface area (Å²) in [5.74, 6) is -1.41. The maximum atomic E-state index is 11.4. The molecular weight excluding hydrogens is 266 g/mol. The van der Waals surface area contributed by atoms with Gasteiger partial charge in [0.1, 0.15) is 0 Å². The Bertz CT molecular complexity index is 471. The van der Waals surface area contributed by atoms with E-state index in [4.69, 9.17) is 5.73 Å². The summed E-state index contributed by atoms with van der Waals surface area (Å²) in [6.07, 6.45) is 3.28. The van der Waals surface area contributed by atoms with Gasteiger partial charge in [-0.2, -0.15) is 5.10 Å². The van der Waals surface area contributed by atoms with Gasteiger partial charge in [0.15, 0.2) is 0 Å². The van der Waals surface area contributed by atoms with Gasteiger partial charge in [-0.05, 0) is 25.3 Å². The van der Waals surface area contributed by atoms with Crippen LogP contribution in [0.25, 0.3) is 0 Å². The Kier molecular flexibility index (Phi) is 5.94. The van der Waals surface area contributed by atoms with Gasteiger partial charge in [0.2, 0.25) is 0 Å². The molecular formula is C11H17N5O2S. The van der Waals surface area contributed by atoms with Crippen molar-refractivity contribution in [2.75, 3.05) is 13.1 Å². The molecule has 0 aliphatic carbocycles. The highest BCUT2D eigenvalue weighted by molar-refractivity contribution is 7.80. The topological polar surface area (TPSA) is 113 Å². The number of hydrogen-bond donors (Lipinski definition) is 4. The predicted octanol–water partition coefficient (Wildman–Crippen LogP) is -0.831. The zero-order chi connectivity index (χ0) is 14.3. The number of nitrogens with one attached hydrogen (secondary N) is 3. The van der Waals surface area contributed by atoms with E-state index < -0.39 is 11.8 Å². The average molecular weight is 283 g/mol. The van der Waals surface area contributed by atoms with Crippen LogP contribution in [0, 0.1) is 6.92 Å². The van der Waals surface area contributed by atoms with Crippen LogP contribution in [-0.4, -0.2) is 40.1 Å². The molecule has 0 aromatic carbocycles. The SMILES string of the molecule is Cc1[nH]ncc1CCCNC(=O)C(=O)NCC(N)=S. The minimum atomic E-state index is -0.729. The van der Waals surface area contributed by atoms with E-state index in [0.717, 1.165) is 24.1 Å². The van der Waals surface area contributed by atoms with E-state index in [9.17, 15) is 9.59 Å². The van der Waals surface area contributed by atoms with Crippen LogP contribution in [0.1, 0.15) is 17.7 Å². The highest BCUT2D eigenvalue weighted by Gasteiger charge is 2.12. The number of carbonyl (C=O) groups is 2. The van der Waals surface area contributed by atoms with E-state index in [1.807, 2.05) is 6.92 Å². The molecule has 7 nitrogen and oxygen atoms in total. The third kappa shape index (κ3) is 5.47. The highest BCUT2D eigenvalue weighted by Crippen LogP contribution is 2.04. The number of nitrogens with zero attached hydrogens (tertiary/aromatic N) is 1. The fourth-order valence-electron chi connectivity index (χ4n) is 1.44.